The van der Waals surface area contributed by atoms with Crippen molar-refractivity contribution in [3.05, 3.63) is 96.3 Å². The zero-order valence-electron chi connectivity index (χ0n) is 22.6. The topological polar surface area (TPSA) is 86.8 Å². The first-order valence-electron chi connectivity index (χ1n) is 13.1. The van der Waals surface area contributed by atoms with E-state index in [4.69, 9.17) is 0 Å². The van der Waals surface area contributed by atoms with Gasteiger partial charge in [-0.15, -0.1) is 0 Å². The van der Waals surface area contributed by atoms with Crippen LogP contribution in [0.3, 0.4) is 0 Å². The number of hydrogen-bond acceptors (Lipinski definition) is 4. The highest BCUT2D eigenvalue weighted by Gasteiger charge is 2.33. The van der Waals surface area contributed by atoms with Gasteiger partial charge >= 0.3 is 0 Å². The van der Waals surface area contributed by atoms with E-state index in [0.717, 1.165) is 28.4 Å². The van der Waals surface area contributed by atoms with Gasteiger partial charge < -0.3 is 10.2 Å². The monoisotopic (exact) mass is 553 g/mol. The number of anilines is 1. The lowest BCUT2D eigenvalue weighted by atomic mass is 10.1. The number of amides is 2. The first-order valence-corrected chi connectivity index (χ1v) is 14.6. The number of nitrogens with zero attached hydrogens (tertiary/aromatic N) is 2. The standard InChI is InChI=1S/C30H36FN3O4S/c1-4-23(3)32-30(36)28(5-2)33(21-20-24-12-8-6-9-13-24)29(35)22-34(26-18-16-25(31)17-19-26)39(37,38)27-14-10-7-11-15-27/h6-19,23,28H,4-5,20-22H2,1-3H3,(H,32,36)/t23-,28-/m1/s1. The lowest BCUT2D eigenvalue weighted by Gasteiger charge is -2.33. The third-order valence-electron chi connectivity index (χ3n) is 6.60. The smallest absolute Gasteiger partial charge is 0.264 e. The summed E-state index contributed by atoms with van der Waals surface area (Å²) in [7, 11) is -4.18. The van der Waals surface area contributed by atoms with Crippen molar-refractivity contribution in [2.45, 2.75) is 57.0 Å². The maximum atomic E-state index is 13.9. The number of carbonyl (C=O) groups is 2. The first kappa shape index (κ1) is 29.8. The predicted molar refractivity (Wildman–Crippen MR) is 151 cm³/mol. The van der Waals surface area contributed by atoms with E-state index >= 15 is 0 Å². The van der Waals surface area contributed by atoms with Gasteiger partial charge in [0.2, 0.25) is 11.8 Å². The van der Waals surface area contributed by atoms with E-state index in [2.05, 4.69) is 5.32 Å². The molecule has 0 fully saturated rings. The molecule has 0 saturated heterocycles. The van der Waals surface area contributed by atoms with Gasteiger partial charge in [0.1, 0.15) is 18.4 Å². The van der Waals surface area contributed by atoms with Crippen molar-refractivity contribution in [2.75, 3.05) is 17.4 Å². The van der Waals surface area contributed by atoms with Crippen LogP contribution >= 0.6 is 0 Å². The molecule has 9 heteroatoms. The number of halogens is 1. The summed E-state index contributed by atoms with van der Waals surface area (Å²) in [6.07, 6.45) is 1.57. The predicted octanol–water partition coefficient (Wildman–Crippen LogP) is 4.79. The van der Waals surface area contributed by atoms with Gasteiger partial charge in [-0.1, -0.05) is 62.4 Å². The number of carbonyl (C=O) groups excluding carboxylic acids is 2. The fourth-order valence-corrected chi connectivity index (χ4v) is 5.63. The minimum absolute atomic E-state index is 0.000448. The van der Waals surface area contributed by atoms with Crippen LogP contribution < -0.4 is 9.62 Å². The van der Waals surface area contributed by atoms with E-state index < -0.39 is 34.3 Å². The molecule has 2 amide bonds. The molecule has 0 aliphatic rings. The molecule has 3 aromatic carbocycles. The molecule has 0 saturated carbocycles. The van der Waals surface area contributed by atoms with Crippen LogP contribution in [0.15, 0.2) is 89.8 Å². The molecule has 0 heterocycles. The molecule has 0 spiro atoms. The summed E-state index contributed by atoms with van der Waals surface area (Å²) in [5, 5.41) is 2.96. The minimum Gasteiger partial charge on any atom is -0.352 e. The Balaban J connectivity index is 1.99. The van der Waals surface area contributed by atoms with Crippen LogP contribution in [-0.4, -0.2) is 50.3 Å². The normalized spacial score (nSPS) is 12.8. The third-order valence-corrected chi connectivity index (χ3v) is 8.38. The van der Waals surface area contributed by atoms with Crippen molar-refractivity contribution in [2.24, 2.45) is 0 Å². The maximum absolute atomic E-state index is 13.9. The van der Waals surface area contributed by atoms with Crippen LogP contribution in [0.5, 0.6) is 0 Å². The van der Waals surface area contributed by atoms with Crippen LogP contribution in [0.4, 0.5) is 10.1 Å². The van der Waals surface area contributed by atoms with Crippen molar-refractivity contribution >= 4 is 27.5 Å². The molecule has 0 radical (unpaired) electrons. The van der Waals surface area contributed by atoms with E-state index in [0.29, 0.717) is 12.8 Å². The van der Waals surface area contributed by atoms with Crippen LogP contribution in [-0.2, 0) is 26.0 Å². The quantitative estimate of drug-likeness (QED) is 0.330. The lowest BCUT2D eigenvalue weighted by molar-refractivity contribution is -0.139. The number of nitrogens with one attached hydrogen (secondary N) is 1. The van der Waals surface area contributed by atoms with Crippen molar-refractivity contribution in [1.82, 2.24) is 10.2 Å². The van der Waals surface area contributed by atoms with Crippen molar-refractivity contribution in [3.63, 3.8) is 0 Å². The molecule has 0 aliphatic heterocycles. The van der Waals surface area contributed by atoms with E-state index in [9.17, 15) is 22.4 Å². The summed E-state index contributed by atoms with van der Waals surface area (Å²) in [5.41, 5.74) is 1.13. The summed E-state index contributed by atoms with van der Waals surface area (Å²) in [4.78, 5) is 28.6. The highest BCUT2D eigenvalue weighted by atomic mass is 32.2. The molecule has 2 atom stereocenters. The summed E-state index contributed by atoms with van der Waals surface area (Å²) >= 11 is 0. The summed E-state index contributed by atoms with van der Waals surface area (Å²) < 4.78 is 42.1. The molecule has 3 aromatic rings. The Morgan fingerprint density at radius 1 is 0.872 bits per heavy atom. The Kier molecular flexibility index (Phi) is 10.6. The molecule has 39 heavy (non-hydrogen) atoms. The second kappa shape index (κ2) is 13.9. The molecule has 208 valence electrons. The number of sulfonamides is 1. The molecule has 0 unspecified atom stereocenters. The zero-order chi connectivity index (χ0) is 28.4. The molecule has 0 aromatic heterocycles. The average Bonchev–Trinajstić information content (AvgIpc) is 2.95. The van der Waals surface area contributed by atoms with Crippen LogP contribution in [0.25, 0.3) is 0 Å². The Hall–Kier alpha value is -3.72. The summed E-state index contributed by atoms with van der Waals surface area (Å²) in [6.45, 7) is 5.34. The Labute approximate surface area is 230 Å². The first-order chi connectivity index (χ1) is 18.7. The van der Waals surface area contributed by atoms with Crippen LogP contribution in [0.1, 0.15) is 39.2 Å². The fraction of sp³-hybridized carbons (Fsp3) is 0.333. The highest BCUT2D eigenvalue weighted by Crippen LogP contribution is 2.24. The number of benzene rings is 3. The fourth-order valence-electron chi connectivity index (χ4n) is 4.19. The average molecular weight is 554 g/mol. The van der Waals surface area contributed by atoms with Crippen molar-refractivity contribution < 1.29 is 22.4 Å². The minimum atomic E-state index is -4.18. The van der Waals surface area contributed by atoms with Crippen LogP contribution in [0.2, 0.25) is 0 Å². The van der Waals surface area contributed by atoms with Gasteiger partial charge in [-0.3, -0.25) is 13.9 Å². The van der Waals surface area contributed by atoms with Crippen LogP contribution in [0, 0.1) is 5.82 Å². The molecular formula is C30H36FN3O4S. The zero-order valence-corrected chi connectivity index (χ0v) is 23.4. The van der Waals surface area contributed by atoms with Gasteiger partial charge in [-0.05, 0) is 68.1 Å². The van der Waals surface area contributed by atoms with Gasteiger partial charge in [0.15, 0.2) is 0 Å². The van der Waals surface area contributed by atoms with E-state index in [1.807, 2.05) is 51.1 Å². The number of rotatable bonds is 13. The summed E-state index contributed by atoms with van der Waals surface area (Å²) in [6, 6.07) is 21.4. The van der Waals surface area contributed by atoms with Gasteiger partial charge in [-0.2, -0.15) is 0 Å². The van der Waals surface area contributed by atoms with Crippen molar-refractivity contribution in [1.29, 1.82) is 0 Å². The third kappa shape index (κ3) is 7.89. The SMILES string of the molecule is CC[C@@H](C)NC(=O)[C@@H](CC)N(CCc1ccccc1)C(=O)CN(c1ccc(F)cc1)S(=O)(=O)c1ccccc1. The molecule has 3 rings (SSSR count). The molecule has 0 bridgehead atoms. The molecular weight excluding hydrogens is 517 g/mol. The highest BCUT2D eigenvalue weighted by molar-refractivity contribution is 7.92. The van der Waals surface area contributed by atoms with Gasteiger partial charge in [0.05, 0.1) is 10.6 Å². The summed E-state index contributed by atoms with van der Waals surface area (Å²) in [5.74, 6) is -1.34. The van der Waals surface area contributed by atoms with Gasteiger partial charge in [-0.25, -0.2) is 12.8 Å². The van der Waals surface area contributed by atoms with Crippen molar-refractivity contribution in [3.8, 4) is 0 Å². The van der Waals surface area contributed by atoms with E-state index in [-0.39, 0.29) is 29.1 Å². The Morgan fingerprint density at radius 3 is 2.03 bits per heavy atom. The second-order valence-electron chi connectivity index (χ2n) is 9.37. The molecule has 7 nitrogen and oxygen atoms in total. The van der Waals surface area contributed by atoms with Gasteiger partial charge in [0.25, 0.3) is 10.0 Å². The maximum Gasteiger partial charge on any atom is 0.264 e. The van der Waals surface area contributed by atoms with E-state index in [1.54, 1.807) is 18.2 Å². The van der Waals surface area contributed by atoms with Gasteiger partial charge in [0, 0.05) is 12.6 Å². The molecule has 0 aliphatic carbocycles. The molecule has 1 N–H and O–H groups in total. The Bertz CT molecular complexity index is 1320. The largest absolute Gasteiger partial charge is 0.352 e. The van der Waals surface area contributed by atoms with E-state index in [1.165, 1.54) is 29.2 Å². The Morgan fingerprint density at radius 2 is 1.46 bits per heavy atom. The second-order valence-corrected chi connectivity index (χ2v) is 11.2. The number of hydrogen-bond donors (Lipinski definition) is 1. The lowest BCUT2D eigenvalue weighted by Crippen LogP contribution is -2.54.